The number of thioether (sulfide) groups is 1. The Balaban J connectivity index is 1.69. The van der Waals surface area contributed by atoms with Gasteiger partial charge in [-0.2, -0.15) is 11.8 Å². The predicted octanol–water partition coefficient (Wildman–Crippen LogP) is 4.61. The van der Waals surface area contributed by atoms with Crippen molar-refractivity contribution >= 4 is 11.8 Å². The number of hydrogen-bond acceptors (Lipinski definition) is 2. The van der Waals surface area contributed by atoms with E-state index in [1.165, 1.54) is 83.7 Å². The van der Waals surface area contributed by atoms with Crippen molar-refractivity contribution in [2.24, 2.45) is 5.92 Å². The van der Waals surface area contributed by atoms with Crippen molar-refractivity contribution < 1.29 is 0 Å². The van der Waals surface area contributed by atoms with Crippen molar-refractivity contribution in [2.75, 3.05) is 19.3 Å². The summed E-state index contributed by atoms with van der Waals surface area (Å²) in [5.41, 5.74) is 0. The van der Waals surface area contributed by atoms with Gasteiger partial charge < -0.3 is 5.32 Å². The second-order valence-corrected chi connectivity index (χ2v) is 7.71. The van der Waals surface area contributed by atoms with E-state index in [0.29, 0.717) is 4.75 Å². The lowest BCUT2D eigenvalue weighted by molar-refractivity contribution is 0.355. The molecule has 0 bridgehead atoms. The lowest BCUT2D eigenvalue weighted by Crippen LogP contribution is -2.40. The zero-order chi connectivity index (χ0) is 12.7. The highest BCUT2D eigenvalue weighted by Crippen LogP contribution is 2.38. The quantitative estimate of drug-likeness (QED) is 0.731. The third-order valence-corrected chi connectivity index (χ3v) is 6.47. The molecule has 18 heavy (non-hydrogen) atoms. The van der Waals surface area contributed by atoms with Crippen LogP contribution in [0, 0.1) is 5.92 Å². The largest absolute Gasteiger partial charge is 0.315 e. The molecule has 2 heteroatoms. The fourth-order valence-electron chi connectivity index (χ4n) is 3.72. The highest BCUT2D eigenvalue weighted by atomic mass is 32.2. The third kappa shape index (κ3) is 4.45. The Labute approximate surface area is 118 Å². The molecule has 0 atom stereocenters. The molecule has 0 saturated heterocycles. The first-order valence-corrected chi connectivity index (χ1v) is 9.33. The van der Waals surface area contributed by atoms with Crippen LogP contribution in [0.5, 0.6) is 0 Å². The SMILES string of the molecule is CSC1(CNCC2CCCCCC2)CCCCC1. The van der Waals surface area contributed by atoms with Crippen molar-refractivity contribution in [1.82, 2.24) is 5.32 Å². The molecule has 0 aromatic carbocycles. The summed E-state index contributed by atoms with van der Waals surface area (Å²) in [5, 5.41) is 3.82. The van der Waals surface area contributed by atoms with Crippen LogP contribution in [0.15, 0.2) is 0 Å². The van der Waals surface area contributed by atoms with Crippen LogP contribution in [-0.4, -0.2) is 24.1 Å². The first kappa shape index (κ1) is 14.7. The molecule has 0 radical (unpaired) electrons. The van der Waals surface area contributed by atoms with Gasteiger partial charge in [0.25, 0.3) is 0 Å². The van der Waals surface area contributed by atoms with Gasteiger partial charge in [-0.1, -0.05) is 44.9 Å². The minimum absolute atomic E-state index is 0.572. The Morgan fingerprint density at radius 2 is 1.56 bits per heavy atom. The minimum Gasteiger partial charge on any atom is -0.315 e. The first-order chi connectivity index (χ1) is 8.85. The fraction of sp³-hybridized carbons (Fsp3) is 1.00. The first-order valence-electron chi connectivity index (χ1n) is 8.10. The van der Waals surface area contributed by atoms with Gasteiger partial charge in [-0.25, -0.2) is 0 Å². The molecule has 2 saturated carbocycles. The second kappa shape index (κ2) is 7.79. The summed E-state index contributed by atoms with van der Waals surface area (Å²) in [5.74, 6) is 0.968. The molecule has 0 aromatic rings. The summed E-state index contributed by atoms with van der Waals surface area (Å²) in [6, 6.07) is 0. The molecular formula is C16H31NS. The molecule has 1 N–H and O–H groups in total. The highest BCUT2D eigenvalue weighted by Gasteiger charge is 2.30. The molecule has 0 spiro atoms. The maximum absolute atomic E-state index is 3.82. The average Bonchev–Trinajstić information content (AvgIpc) is 2.69. The zero-order valence-corrected chi connectivity index (χ0v) is 13.0. The van der Waals surface area contributed by atoms with Crippen molar-refractivity contribution in [3.8, 4) is 0 Å². The molecule has 1 nitrogen and oxygen atoms in total. The standard InChI is InChI=1S/C16H31NS/c1-18-16(11-7-4-8-12-16)14-17-13-15-9-5-2-3-6-10-15/h15,17H,2-14H2,1H3. The third-order valence-electron chi connectivity index (χ3n) is 5.05. The molecule has 2 fully saturated rings. The molecule has 2 aliphatic rings. The summed E-state index contributed by atoms with van der Waals surface area (Å²) in [7, 11) is 0. The molecule has 0 aromatic heterocycles. The van der Waals surface area contributed by atoms with E-state index in [1.54, 1.807) is 0 Å². The summed E-state index contributed by atoms with van der Waals surface area (Å²) in [6.07, 6.45) is 18.4. The smallest absolute Gasteiger partial charge is 0.0281 e. The van der Waals surface area contributed by atoms with E-state index in [2.05, 4.69) is 23.3 Å². The van der Waals surface area contributed by atoms with Gasteiger partial charge in [-0.05, 0) is 44.4 Å². The molecule has 0 amide bonds. The zero-order valence-electron chi connectivity index (χ0n) is 12.2. The van der Waals surface area contributed by atoms with E-state index < -0.39 is 0 Å². The van der Waals surface area contributed by atoms with Crippen molar-refractivity contribution in [1.29, 1.82) is 0 Å². The molecule has 2 rings (SSSR count). The maximum Gasteiger partial charge on any atom is 0.0281 e. The number of nitrogens with one attached hydrogen (secondary N) is 1. The summed E-state index contributed by atoms with van der Waals surface area (Å²) in [4.78, 5) is 0. The molecule has 0 aliphatic heterocycles. The summed E-state index contributed by atoms with van der Waals surface area (Å²) in [6.45, 7) is 2.53. The Kier molecular flexibility index (Phi) is 6.37. The molecular weight excluding hydrogens is 238 g/mol. The van der Waals surface area contributed by atoms with Crippen LogP contribution in [-0.2, 0) is 0 Å². The lowest BCUT2D eigenvalue weighted by atomic mass is 9.88. The predicted molar refractivity (Wildman–Crippen MR) is 83.4 cm³/mol. The highest BCUT2D eigenvalue weighted by molar-refractivity contribution is 8.00. The van der Waals surface area contributed by atoms with Crippen LogP contribution in [0.3, 0.4) is 0 Å². The van der Waals surface area contributed by atoms with E-state index in [9.17, 15) is 0 Å². The van der Waals surface area contributed by atoms with Crippen LogP contribution in [0.25, 0.3) is 0 Å². The van der Waals surface area contributed by atoms with Gasteiger partial charge in [-0.15, -0.1) is 0 Å². The molecule has 0 unspecified atom stereocenters. The minimum atomic E-state index is 0.572. The van der Waals surface area contributed by atoms with Crippen LogP contribution < -0.4 is 5.32 Å². The Bertz CT molecular complexity index is 215. The topological polar surface area (TPSA) is 12.0 Å². The number of rotatable bonds is 5. The van der Waals surface area contributed by atoms with Crippen LogP contribution in [0.2, 0.25) is 0 Å². The normalized spacial score (nSPS) is 25.8. The van der Waals surface area contributed by atoms with Gasteiger partial charge in [0.05, 0.1) is 0 Å². The van der Waals surface area contributed by atoms with Gasteiger partial charge in [0.1, 0.15) is 0 Å². The fourth-order valence-corrected chi connectivity index (χ4v) is 4.66. The summed E-state index contributed by atoms with van der Waals surface area (Å²) < 4.78 is 0.572. The van der Waals surface area contributed by atoms with Crippen molar-refractivity contribution in [2.45, 2.75) is 75.4 Å². The van der Waals surface area contributed by atoms with E-state index in [-0.39, 0.29) is 0 Å². The van der Waals surface area contributed by atoms with Gasteiger partial charge >= 0.3 is 0 Å². The Hall–Kier alpha value is 0.310. The van der Waals surface area contributed by atoms with Crippen molar-refractivity contribution in [3.05, 3.63) is 0 Å². The lowest BCUT2D eigenvalue weighted by Gasteiger charge is -2.36. The summed E-state index contributed by atoms with van der Waals surface area (Å²) >= 11 is 2.12. The van der Waals surface area contributed by atoms with E-state index in [4.69, 9.17) is 0 Å². The van der Waals surface area contributed by atoms with Gasteiger partial charge in [0, 0.05) is 11.3 Å². The van der Waals surface area contributed by atoms with Crippen LogP contribution in [0.1, 0.15) is 70.6 Å². The van der Waals surface area contributed by atoms with Crippen LogP contribution >= 0.6 is 11.8 Å². The van der Waals surface area contributed by atoms with Crippen molar-refractivity contribution in [3.63, 3.8) is 0 Å². The van der Waals surface area contributed by atoms with Gasteiger partial charge in [-0.3, -0.25) is 0 Å². The second-order valence-electron chi connectivity index (χ2n) is 6.44. The van der Waals surface area contributed by atoms with E-state index >= 15 is 0 Å². The molecule has 106 valence electrons. The van der Waals surface area contributed by atoms with E-state index in [1.807, 2.05) is 0 Å². The van der Waals surface area contributed by atoms with Gasteiger partial charge in [0.15, 0.2) is 0 Å². The monoisotopic (exact) mass is 269 g/mol. The van der Waals surface area contributed by atoms with E-state index in [0.717, 1.165) is 5.92 Å². The maximum atomic E-state index is 3.82. The van der Waals surface area contributed by atoms with Crippen LogP contribution in [0.4, 0.5) is 0 Å². The van der Waals surface area contributed by atoms with Gasteiger partial charge in [0.2, 0.25) is 0 Å². The number of hydrogen-bond donors (Lipinski definition) is 1. The average molecular weight is 269 g/mol. The molecule has 0 heterocycles. The Morgan fingerprint density at radius 3 is 2.17 bits per heavy atom. The molecule has 2 aliphatic carbocycles. The Morgan fingerprint density at radius 1 is 0.944 bits per heavy atom.